The SMILES string of the molecule is O=C(Nc1ccccc1)Nc1cccc(B(O)O)c1Cl. The number of rotatable bonds is 3. The van der Waals surface area contributed by atoms with E-state index in [4.69, 9.17) is 21.6 Å². The van der Waals surface area contributed by atoms with Gasteiger partial charge in [0.05, 0.1) is 10.7 Å². The van der Waals surface area contributed by atoms with Crippen LogP contribution in [0.25, 0.3) is 0 Å². The number of hydrogen-bond acceptors (Lipinski definition) is 3. The lowest BCUT2D eigenvalue weighted by molar-refractivity contribution is 0.262. The number of halogens is 1. The highest BCUT2D eigenvalue weighted by Crippen LogP contribution is 2.19. The second kappa shape index (κ2) is 6.43. The summed E-state index contributed by atoms with van der Waals surface area (Å²) in [6.45, 7) is 0. The smallest absolute Gasteiger partial charge is 0.423 e. The average Bonchev–Trinajstić information content (AvgIpc) is 2.42. The van der Waals surface area contributed by atoms with E-state index < -0.39 is 13.1 Å². The Morgan fingerprint density at radius 1 is 1.00 bits per heavy atom. The Labute approximate surface area is 121 Å². The van der Waals surface area contributed by atoms with Crippen molar-refractivity contribution in [2.24, 2.45) is 0 Å². The maximum absolute atomic E-state index is 11.8. The number of anilines is 2. The number of para-hydroxylation sites is 1. The first-order valence-electron chi connectivity index (χ1n) is 5.85. The molecule has 2 rings (SSSR count). The Balaban J connectivity index is 2.10. The van der Waals surface area contributed by atoms with Crippen LogP contribution in [0, 0.1) is 0 Å². The number of carbonyl (C=O) groups excluding carboxylic acids is 1. The van der Waals surface area contributed by atoms with Crippen LogP contribution in [-0.2, 0) is 0 Å². The third-order valence-corrected chi connectivity index (χ3v) is 3.01. The van der Waals surface area contributed by atoms with Gasteiger partial charge in [0.2, 0.25) is 0 Å². The number of amides is 2. The molecule has 0 aliphatic heterocycles. The van der Waals surface area contributed by atoms with Crippen molar-refractivity contribution in [3.05, 3.63) is 53.6 Å². The first kappa shape index (κ1) is 14.4. The molecule has 0 aromatic heterocycles. The van der Waals surface area contributed by atoms with E-state index in [1.54, 1.807) is 36.4 Å². The molecule has 7 heteroatoms. The molecule has 2 amide bonds. The zero-order valence-corrected chi connectivity index (χ0v) is 11.1. The largest absolute Gasteiger partial charge is 0.490 e. The van der Waals surface area contributed by atoms with E-state index in [1.807, 2.05) is 6.07 Å². The standard InChI is InChI=1S/C13H12BClN2O3/c15-12-10(14(19)20)7-4-8-11(12)17-13(18)16-9-5-2-1-3-6-9/h1-8,19-20H,(H2,16,17,18). The Morgan fingerprint density at radius 3 is 2.35 bits per heavy atom. The molecule has 0 aliphatic carbocycles. The van der Waals surface area contributed by atoms with E-state index in [9.17, 15) is 4.79 Å². The highest BCUT2D eigenvalue weighted by molar-refractivity contribution is 6.63. The maximum atomic E-state index is 11.8. The molecule has 0 spiro atoms. The van der Waals surface area contributed by atoms with Gasteiger partial charge < -0.3 is 20.7 Å². The first-order valence-corrected chi connectivity index (χ1v) is 6.23. The minimum absolute atomic E-state index is 0.0886. The minimum Gasteiger partial charge on any atom is -0.423 e. The molecule has 5 nitrogen and oxygen atoms in total. The summed E-state index contributed by atoms with van der Waals surface area (Å²) in [6, 6.07) is 13.1. The molecular formula is C13H12BClN2O3. The van der Waals surface area contributed by atoms with Crippen molar-refractivity contribution in [2.45, 2.75) is 0 Å². The summed E-state index contributed by atoms with van der Waals surface area (Å²) < 4.78 is 0. The Kier molecular flexibility index (Phi) is 4.63. The van der Waals surface area contributed by atoms with E-state index in [-0.39, 0.29) is 10.5 Å². The van der Waals surface area contributed by atoms with Crippen LogP contribution in [0.15, 0.2) is 48.5 Å². The third-order valence-electron chi connectivity index (χ3n) is 2.59. The molecule has 0 heterocycles. The lowest BCUT2D eigenvalue weighted by Crippen LogP contribution is -2.31. The molecule has 2 aromatic carbocycles. The van der Waals surface area contributed by atoms with Crippen molar-refractivity contribution in [1.29, 1.82) is 0 Å². The summed E-state index contributed by atoms with van der Waals surface area (Å²) in [5.41, 5.74) is 1.06. The van der Waals surface area contributed by atoms with Gasteiger partial charge in [-0.3, -0.25) is 0 Å². The molecule has 4 N–H and O–H groups in total. The zero-order valence-electron chi connectivity index (χ0n) is 10.4. The van der Waals surface area contributed by atoms with E-state index in [0.717, 1.165) is 0 Å². The normalized spacial score (nSPS) is 9.95. The van der Waals surface area contributed by atoms with Crippen molar-refractivity contribution in [3.8, 4) is 0 Å². The van der Waals surface area contributed by atoms with Crippen LogP contribution in [-0.4, -0.2) is 23.2 Å². The molecule has 102 valence electrons. The van der Waals surface area contributed by atoms with Gasteiger partial charge in [-0.1, -0.05) is 41.9 Å². The zero-order chi connectivity index (χ0) is 14.5. The lowest BCUT2D eigenvalue weighted by Gasteiger charge is -2.11. The molecule has 2 aromatic rings. The van der Waals surface area contributed by atoms with Gasteiger partial charge in [0.15, 0.2) is 0 Å². The Bertz CT molecular complexity index is 608. The molecule has 0 saturated heterocycles. The fraction of sp³-hybridized carbons (Fsp3) is 0. The summed E-state index contributed by atoms with van der Waals surface area (Å²) >= 11 is 5.99. The summed E-state index contributed by atoms with van der Waals surface area (Å²) in [5, 5.41) is 23.6. The fourth-order valence-electron chi connectivity index (χ4n) is 1.65. The predicted octanol–water partition coefficient (Wildman–Crippen LogP) is 1.66. The van der Waals surface area contributed by atoms with Gasteiger partial charge in [-0.2, -0.15) is 0 Å². The minimum atomic E-state index is -1.69. The molecule has 0 saturated carbocycles. The number of benzene rings is 2. The van der Waals surface area contributed by atoms with Crippen LogP contribution in [0.2, 0.25) is 5.02 Å². The van der Waals surface area contributed by atoms with E-state index in [2.05, 4.69) is 10.6 Å². The lowest BCUT2D eigenvalue weighted by atomic mass is 9.80. The average molecular weight is 291 g/mol. The Hall–Kier alpha value is -2.02. The van der Waals surface area contributed by atoms with E-state index in [1.165, 1.54) is 6.07 Å². The summed E-state index contributed by atoms with van der Waals surface area (Å²) in [7, 11) is -1.69. The number of hydrogen-bond donors (Lipinski definition) is 4. The van der Waals surface area contributed by atoms with Crippen LogP contribution in [0.5, 0.6) is 0 Å². The summed E-state index contributed by atoms with van der Waals surface area (Å²) in [5.74, 6) is 0. The molecule has 0 bridgehead atoms. The van der Waals surface area contributed by atoms with Gasteiger partial charge in [-0.25, -0.2) is 4.79 Å². The van der Waals surface area contributed by atoms with Crippen molar-refractivity contribution in [2.75, 3.05) is 10.6 Å². The van der Waals surface area contributed by atoms with Crippen molar-refractivity contribution >= 4 is 41.6 Å². The van der Waals surface area contributed by atoms with Crippen LogP contribution >= 0.6 is 11.6 Å². The molecule has 0 fully saturated rings. The van der Waals surface area contributed by atoms with Gasteiger partial charge in [-0.15, -0.1) is 0 Å². The predicted molar refractivity (Wildman–Crippen MR) is 80.4 cm³/mol. The molecule has 20 heavy (non-hydrogen) atoms. The van der Waals surface area contributed by atoms with Gasteiger partial charge in [0, 0.05) is 11.2 Å². The van der Waals surface area contributed by atoms with Crippen LogP contribution in [0.4, 0.5) is 16.2 Å². The van der Waals surface area contributed by atoms with Gasteiger partial charge in [0.1, 0.15) is 0 Å². The summed E-state index contributed by atoms with van der Waals surface area (Å²) in [6.07, 6.45) is 0. The number of carbonyl (C=O) groups is 1. The maximum Gasteiger partial charge on any atom is 0.490 e. The highest BCUT2D eigenvalue weighted by atomic mass is 35.5. The highest BCUT2D eigenvalue weighted by Gasteiger charge is 2.18. The molecular weight excluding hydrogens is 278 g/mol. The van der Waals surface area contributed by atoms with Crippen molar-refractivity contribution < 1.29 is 14.8 Å². The second-order valence-corrected chi connectivity index (χ2v) is 4.41. The van der Waals surface area contributed by atoms with Crippen LogP contribution in [0.1, 0.15) is 0 Å². The first-order chi connectivity index (χ1) is 9.58. The van der Waals surface area contributed by atoms with Gasteiger partial charge in [0.25, 0.3) is 0 Å². The molecule has 0 aliphatic rings. The van der Waals surface area contributed by atoms with Crippen molar-refractivity contribution in [3.63, 3.8) is 0 Å². The fourth-order valence-corrected chi connectivity index (χ4v) is 1.92. The quantitative estimate of drug-likeness (QED) is 0.649. The van der Waals surface area contributed by atoms with Crippen LogP contribution in [0.3, 0.4) is 0 Å². The van der Waals surface area contributed by atoms with E-state index >= 15 is 0 Å². The second-order valence-electron chi connectivity index (χ2n) is 4.03. The van der Waals surface area contributed by atoms with Gasteiger partial charge in [-0.05, 0) is 18.2 Å². The van der Waals surface area contributed by atoms with Gasteiger partial charge >= 0.3 is 13.1 Å². The molecule has 0 unspecified atom stereocenters. The van der Waals surface area contributed by atoms with Crippen molar-refractivity contribution in [1.82, 2.24) is 0 Å². The molecule has 0 atom stereocenters. The third kappa shape index (κ3) is 3.51. The monoisotopic (exact) mass is 290 g/mol. The molecule has 0 radical (unpaired) electrons. The topological polar surface area (TPSA) is 81.6 Å². The number of urea groups is 1. The Morgan fingerprint density at radius 2 is 1.70 bits per heavy atom. The van der Waals surface area contributed by atoms with Crippen LogP contribution < -0.4 is 16.1 Å². The van der Waals surface area contributed by atoms with E-state index in [0.29, 0.717) is 11.4 Å². The summed E-state index contributed by atoms with van der Waals surface area (Å²) in [4.78, 5) is 11.8. The number of nitrogens with one attached hydrogen (secondary N) is 2.